The van der Waals surface area contributed by atoms with Crippen molar-refractivity contribution in [1.82, 2.24) is 9.78 Å². The number of rotatable bonds is 4. The minimum Gasteiger partial charge on any atom is -0.394 e. The zero-order valence-electron chi connectivity index (χ0n) is 12.8. The van der Waals surface area contributed by atoms with Gasteiger partial charge in [0.15, 0.2) is 5.82 Å². The summed E-state index contributed by atoms with van der Waals surface area (Å²) in [6.07, 6.45) is 0. The summed E-state index contributed by atoms with van der Waals surface area (Å²) in [6.45, 7) is 6.11. The number of hydrogen-bond acceptors (Lipinski definition) is 4. The summed E-state index contributed by atoms with van der Waals surface area (Å²) in [5.41, 5.74) is 9.84. The Hall–Kier alpha value is -2.17. The first-order valence-electron chi connectivity index (χ1n) is 6.79. The van der Waals surface area contributed by atoms with Crippen LogP contribution in [0.5, 0.6) is 0 Å². The number of nitrogens with two attached hydrogens (primary N) is 1. The fourth-order valence-corrected chi connectivity index (χ4v) is 2.16. The Balaban J connectivity index is 2.45. The van der Waals surface area contributed by atoms with Gasteiger partial charge in [-0.2, -0.15) is 5.10 Å². The number of anilines is 4. The lowest BCUT2D eigenvalue weighted by Crippen LogP contribution is -2.13. The lowest BCUT2D eigenvalue weighted by atomic mass is 10.2. The number of benzene rings is 1. The van der Waals surface area contributed by atoms with Gasteiger partial charge in [0.05, 0.1) is 22.8 Å². The van der Waals surface area contributed by atoms with Crippen molar-refractivity contribution in [2.24, 2.45) is 0 Å². The van der Waals surface area contributed by atoms with E-state index in [1.54, 1.807) is 0 Å². The standard InChI is InChI=1S/C15H23N5/c1-10(2)20-15(14(16)11(3)18-20)17-12-8-6-7-9-13(12)19(4)5/h6-10,17H,16H2,1-5H3. The molecule has 1 aromatic carbocycles. The fourth-order valence-electron chi connectivity index (χ4n) is 2.16. The van der Waals surface area contributed by atoms with Crippen molar-refractivity contribution >= 4 is 22.9 Å². The highest BCUT2D eigenvalue weighted by atomic mass is 15.4. The van der Waals surface area contributed by atoms with Crippen molar-refractivity contribution in [3.05, 3.63) is 30.0 Å². The molecule has 0 bridgehead atoms. The average molecular weight is 273 g/mol. The number of hydrogen-bond donors (Lipinski definition) is 2. The van der Waals surface area contributed by atoms with Crippen LogP contribution < -0.4 is 16.0 Å². The molecular formula is C15H23N5. The lowest BCUT2D eigenvalue weighted by molar-refractivity contribution is 0.536. The first kappa shape index (κ1) is 14.2. The van der Waals surface area contributed by atoms with Gasteiger partial charge < -0.3 is 16.0 Å². The summed E-state index contributed by atoms with van der Waals surface area (Å²) in [7, 11) is 4.05. The third-order valence-electron chi connectivity index (χ3n) is 3.26. The molecule has 108 valence electrons. The molecule has 20 heavy (non-hydrogen) atoms. The smallest absolute Gasteiger partial charge is 0.152 e. The minimum atomic E-state index is 0.250. The van der Waals surface area contributed by atoms with Gasteiger partial charge in [-0.25, -0.2) is 4.68 Å². The Morgan fingerprint density at radius 1 is 1.25 bits per heavy atom. The van der Waals surface area contributed by atoms with Gasteiger partial charge in [-0.1, -0.05) is 12.1 Å². The number of para-hydroxylation sites is 2. The van der Waals surface area contributed by atoms with Gasteiger partial charge >= 0.3 is 0 Å². The number of nitrogen functional groups attached to an aromatic ring is 1. The third kappa shape index (κ3) is 2.57. The molecule has 0 unspecified atom stereocenters. The van der Waals surface area contributed by atoms with Gasteiger partial charge in [0, 0.05) is 20.1 Å². The Bertz CT molecular complexity index is 598. The second kappa shape index (κ2) is 5.45. The van der Waals surface area contributed by atoms with Gasteiger partial charge in [0.1, 0.15) is 0 Å². The van der Waals surface area contributed by atoms with Crippen LogP contribution in [-0.2, 0) is 0 Å². The minimum absolute atomic E-state index is 0.250. The van der Waals surface area contributed by atoms with Gasteiger partial charge in [0.25, 0.3) is 0 Å². The zero-order chi connectivity index (χ0) is 14.9. The van der Waals surface area contributed by atoms with Crippen LogP contribution in [0, 0.1) is 6.92 Å². The van der Waals surface area contributed by atoms with E-state index >= 15 is 0 Å². The number of aromatic nitrogens is 2. The van der Waals surface area contributed by atoms with Crippen molar-refractivity contribution in [2.45, 2.75) is 26.8 Å². The van der Waals surface area contributed by atoms with Crippen molar-refractivity contribution in [1.29, 1.82) is 0 Å². The number of nitrogens with one attached hydrogen (secondary N) is 1. The van der Waals surface area contributed by atoms with Crippen molar-refractivity contribution < 1.29 is 0 Å². The summed E-state index contributed by atoms with van der Waals surface area (Å²) in [6, 6.07) is 8.40. The largest absolute Gasteiger partial charge is 0.394 e. The van der Waals surface area contributed by atoms with E-state index in [-0.39, 0.29) is 6.04 Å². The highest BCUT2D eigenvalue weighted by Gasteiger charge is 2.16. The van der Waals surface area contributed by atoms with E-state index < -0.39 is 0 Å². The Morgan fingerprint density at radius 2 is 1.90 bits per heavy atom. The van der Waals surface area contributed by atoms with Crippen LogP contribution >= 0.6 is 0 Å². The molecule has 1 heterocycles. The molecule has 0 aliphatic carbocycles. The van der Waals surface area contributed by atoms with Crippen molar-refractivity contribution in [2.75, 3.05) is 30.0 Å². The molecule has 0 radical (unpaired) electrons. The molecule has 0 spiro atoms. The average Bonchev–Trinajstić information content (AvgIpc) is 2.67. The van der Waals surface area contributed by atoms with E-state index in [0.29, 0.717) is 5.69 Å². The van der Waals surface area contributed by atoms with Crippen LogP contribution in [0.1, 0.15) is 25.6 Å². The van der Waals surface area contributed by atoms with E-state index in [1.807, 2.05) is 43.9 Å². The summed E-state index contributed by atoms with van der Waals surface area (Å²) in [4.78, 5) is 2.07. The Morgan fingerprint density at radius 3 is 2.50 bits per heavy atom. The Labute approximate surface area is 120 Å². The SMILES string of the molecule is Cc1nn(C(C)C)c(Nc2ccccc2N(C)C)c1N. The molecule has 0 aliphatic heterocycles. The van der Waals surface area contributed by atoms with Crippen LogP contribution in [0.15, 0.2) is 24.3 Å². The van der Waals surface area contributed by atoms with Crippen LogP contribution in [0.3, 0.4) is 0 Å². The molecule has 0 aliphatic rings. The maximum absolute atomic E-state index is 6.16. The van der Waals surface area contributed by atoms with Crippen LogP contribution in [0.2, 0.25) is 0 Å². The van der Waals surface area contributed by atoms with Crippen LogP contribution in [0.4, 0.5) is 22.9 Å². The normalized spacial score (nSPS) is 10.9. The van der Waals surface area contributed by atoms with Gasteiger partial charge in [-0.15, -0.1) is 0 Å². The lowest BCUT2D eigenvalue weighted by Gasteiger charge is -2.20. The maximum atomic E-state index is 6.16. The van der Waals surface area contributed by atoms with Crippen LogP contribution in [0.25, 0.3) is 0 Å². The monoisotopic (exact) mass is 273 g/mol. The predicted octanol–water partition coefficient (Wildman–Crippen LogP) is 3.16. The maximum Gasteiger partial charge on any atom is 0.152 e. The highest BCUT2D eigenvalue weighted by molar-refractivity contribution is 5.79. The van der Waals surface area contributed by atoms with E-state index in [9.17, 15) is 0 Å². The van der Waals surface area contributed by atoms with Crippen molar-refractivity contribution in [3.63, 3.8) is 0 Å². The molecule has 5 heteroatoms. The van der Waals surface area contributed by atoms with Crippen molar-refractivity contribution in [3.8, 4) is 0 Å². The summed E-state index contributed by atoms with van der Waals surface area (Å²) < 4.78 is 1.93. The summed E-state index contributed by atoms with van der Waals surface area (Å²) >= 11 is 0. The first-order valence-corrected chi connectivity index (χ1v) is 6.79. The van der Waals surface area contributed by atoms with E-state index in [0.717, 1.165) is 22.9 Å². The number of nitrogens with zero attached hydrogens (tertiary/aromatic N) is 3. The quantitative estimate of drug-likeness (QED) is 0.898. The van der Waals surface area contributed by atoms with E-state index in [1.165, 1.54) is 0 Å². The van der Waals surface area contributed by atoms with E-state index in [4.69, 9.17) is 5.73 Å². The molecule has 2 rings (SSSR count). The highest BCUT2D eigenvalue weighted by Crippen LogP contribution is 2.32. The topological polar surface area (TPSA) is 59.1 Å². The Kier molecular flexibility index (Phi) is 3.88. The molecule has 1 aromatic heterocycles. The molecule has 0 fully saturated rings. The predicted molar refractivity (Wildman–Crippen MR) is 85.8 cm³/mol. The number of aryl methyl sites for hydroxylation is 1. The third-order valence-corrected chi connectivity index (χ3v) is 3.26. The summed E-state index contributed by atoms with van der Waals surface area (Å²) in [5.74, 6) is 0.854. The first-order chi connectivity index (χ1) is 9.41. The van der Waals surface area contributed by atoms with Crippen LogP contribution in [-0.4, -0.2) is 23.9 Å². The van der Waals surface area contributed by atoms with Gasteiger partial charge in [-0.3, -0.25) is 0 Å². The molecule has 0 atom stereocenters. The second-order valence-corrected chi connectivity index (χ2v) is 5.42. The fraction of sp³-hybridized carbons (Fsp3) is 0.400. The van der Waals surface area contributed by atoms with Gasteiger partial charge in [-0.05, 0) is 32.9 Å². The molecule has 5 nitrogen and oxygen atoms in total. The molecular weight excluding hydrogens is 250 g/mol. The molecule has 0 saturated carbocycles. The molecule has 0 amide bonds. The van der Waals surface area contributed by atoms with Gasteiger partial charge in [0.2, 0.25) is 0 Å². The second-order valence-electron chi connectivity index (χ2n) is 5.42. The zero-order valence-corrected chi connectivity index (χ0v) is 12.8. The molecule has 2 aromatic rings. The molecule has 0 saturated heterocycles. The van der Waals surface area contributed by atoms with E-state index in [2.05, 4.69) is 35.2 Å². The summed E-state index contributed by atoms with van der Waals surface area (Å²) in [5, 5.41) is 7.92. The molecule has 3 N–H and O–H groups in total.